The van der Waals surface area contributed by atoms with Gasteiger partial charge in [-0.25, -0.2) is 4.98 Å². The number of amides is 1. The first-order chi connectivity index (χ1) is 14.1. The molecule has 0 atom stereocenters. The van der Waals surface area contributed by atoms with Crippen molar-refractivity contribution in [3.8, 4) is 0 Å². The van der Waals surface area contributed by atoms with Gasteiger partial charge < -0.3 is 4.90 Å². The van der Waals surface area contributed by atoms with E-state index < -0.39 is 0 Å². The lowest BCUT2D eigenvalue weighted by atomic mass is 10.1. The molecular weight excluding hydrogens is 408 g/mol. The Morgan fingerprint density at radius 2 is 1.90 bits per heavy atom. The Labute approximate surface area is 176 Å². The third kappa shape index (κ3) is 4.80. The van der Waals surface area contributed by atoms with Gasteiger partial charge in [-0.2, -0.15) is 0 Å². The van der Waals surface area contributed by atoms with E-state index in [0.29, 0.717) is 43.9 Å². The van der Waals surface area contributed by atoms with Crippen molar-refractivity contribution in [2.45, 2.75) is 25.8 Å². The number of thiazole rings is 1. The summed E-state index contributed by atoms with van der Waals surface area (Å²) in [7, 11) is 0. The SMILES string of the molecule is O=C(CCCC(=O)N1CCN(Cc2cc(=O)n3ccsc3n2)CC1)c1cccs1. The second-order valence-electron chi connectivity index (χ2n) is 7.05. The molecule has 1 amide bonds. The van der Waals surface area contributed by atoms with E-state index in [-0.39, 0.29) is 17.2 Å². The van der Waals surface area contributed by atoms with E-state index in [1.165, 1.54) is 22.7 Å². The largest absolute Gasteiger partial charge is 0.340 e. The third-order valence-electron chi connectivity index (χ3n) is 5.06. The van der Waals surface area contributed by atoms with Crippen molar-refractivity contribution >= 4 is 39.3 Å². The molecule has 9 heteroatoms. The van der Waals surface area contributed by atoms with Gasteiger partial charge in [0.25, 0.3) is 5.56 Å². The Balaban J connectivity index is 1.22. The summed E-state index contributed by atoms with van der Waals surface area (Å²) < 4.78 is 1.55. The first-order valence-corrected chi connectivity index (χ1v) is 11.4. The monoisotopic (exact) mass is 430 g/mol. The van der Waals surface area contributed by atoms with E-state index in [0.717, 1.165) is 23.7 Å². The minimum atomic E-state index is -0.0582. The molecule has 152 valence electrons. The Hall–Kier alpha value is -2.36. The van der Waals surface area contributed by atoms with Gasteiger partial charge in [0.2, 0.25) is 5.91 Å². The molecule has 0 saturated carbocycles. The highest BCUT2D eigenvalue weighted by atomic mass is 32.1. The van der Waals surface area contributed by atoms with Gasteiger partial charge >= 0.3 is 0 Å². The standard InChI is InChI=1S/C20H22N4O3S2/c25-16(17-4-2-11-28-17)3-1-5-18(26)23-8-6-22(7-9-23)14-15-13-19(27)24-10-12-29-20(24)21-15/h2,4,10-13H,1,3,5-9,14H2. The van der Waals surface area contributed by atoms with Crippen molar-refractivity contribution in [1.82, 2.24) is 19.2 Å². The molecule has 4 rings (SSSR count). The summed E-state index contributed by atoms with van der Waals surface area (Å²) in [5.74, 6) is 0.226. The number of Topliss-reactive ketones (excluding diaryl/α,β-unsaturated/α-hetero) is 1. The lowest BCUT2D eigenvalue weighted by Gasteiger charge is -2.34. The molecule has 0 N–H and O–H groups in total. The van der Waals surface area contributed by atoms with Crippen LogP contribution in [-0.2, 0) is 11.3 Å². The van der Waals surface area contributed by atoms with E-state index in [4.69, 9.17) is 0 Å². The van der Waals surface area contributed by atoms with Crippen LogP contribution in [0.4, 0.5) is 0 Å². The molecular formula is C20H22N4O3S2. The number of ketones is 1. The van der Waals surface area contributed by atoms with Crippen LogP contribution in [0.3, 0.4) is 0 Å². The zero-order valence-corrected chi connectivity index (χ0v) is 17.6. The van der Waals surface area contributed by atoms with E-state index >= 15 is 0 Å². The van der Waals surface area contributed by atoms with E-state index in [1.54, 1.807) is 16.7 Å². The van der Waals surface area contributed by atoms with E-state index in [1.807, 2.05) is 27.8 Å². The lowest BCUT2D eigenvalue weighted by Crippen LogP contribution is -2.48. The Morgan fingerprint density at radius 1 is 1.07 bits per heavy atom. The molecule has 29 heavy (non-hydrogen) atoms. The Kier molecular flexibility index (Phi) is 6.17. The first-order valence-electron chi connectivity index (χ1n) is 9.63. The molecule has 7 nitrogen and oxygen atoms in total. The highest BCUT2D eigenvalue weighted by Gasteiger charge is 2.21. The summed E-state index contributed by atoms with van der Waals surface area (Å²) in [5, 5.41) is 3.74. The number of nitrogens with zero attached hydrogens (tertiary/aromatic N) is 4. The smallest absolute Gasteiger partial charge is 0.258 e. The maximum Gasteiger partial charge on any atom is 0.258 e. The van der Waals surface area contributed by atoms with Gasteiger partial charge in [0.05, 0.1) is 10.6 Å². The Morgan fingerprint density at radius 3 is 2.66 bits per heavy atom. The summed E-state index contributed by atoms with van der Waals surface area (Å²) in [5.41, 5.74) is 0.710. The molecule has 3 aromatic heterocycles. The van der Waals surface area contributed by atoms with Gasteiger partial charge in [-0.05, 0) is 17.9 Å². The number of carbonyl (C=O) groups is 2. The number of piperazine rings is 1. The van der Waals surface area contributed by atoms with Crippen LogP contribution in [-0.4, -0.2) is 57.1 Å². The minimum Gasteiger partial charge on any atom is -0.340 e. The maximum atomic E-state index is 12.4. The third-order valence-corrected chi connectivity index (χ3v) is 6.72. The summed E-state index contributed by atoms with van der Waals surface area (Å²) >= 11 is 2.89. The van der Waals surface area contributed by atoms with Crippen molar-refractivity contribution < 1.29 is 9.59 Å². The number of rotatable bonds is 7. The van der Waals surface area contributed by atoms with Gasteiger partial charge in [-0.15, -0.1) is 22.7 Å². The molecule has 0 aliphatic carbocycles. The summed E-state index contributed by atoms with van der Waals surface area (Å²) in [6, 6.07) is 5.28. The zero-order valence-electron chi connectivity index (χ0n) is 16.0. The lowest BCUT2D eigenvalue weighted by molar-refractivity contribution is -0.133. The number of hydrogen-bond donors (Lipinski definition) is 0. The van der Waals surface area contributed by atoms with Crippen LogP contribution >= 0.6 is 22.7 Å². The predicted octanol–water partition coefficient (Wildman–Crippen LogP) is 2.51. The van der Waals surface area contributed by atoms with E-state index in [2.05, 4.69) is 9.88 Å². The predicted molar refractivity (Wildman–Crippen MR) is 114 cm³/mol. The van der Waals surface area contributed by atoms with Gasteiger partial charge in [-0.3, -0.25) is 23.7 Å². The molecule has 0 radical (unpaired) electrons. The van der Waals surface area contributed by atoms with Gasteiger partial charge in [0.15, 0.2) is 10.7 Å². The molecule has 0 spiro atoms. The summed E-state index contributed by atoms with van der Waals surface area (Å²) in [4.78, 5) is 46.7. The highest BCUT2D eigenvalue weighted by Crippen LogP contribution is 2.15. The second kappa shape index (κ2) is 8.98. The zero-order chi connectivity index (χ0) is 20.2. The second-order valence-corrected chi connectivity index (χ2v) is 8.87. The molecule has 0 unspecified atom stereocenters. The van der Waals surface area contributed by atoms with Crippen molar-refractivity contribution in [3.05, 3.63) is 56.1 Å². The van der Waals surface area contributed by atoms with Crippen LogP contribution in [0.25, 0.3) is 4.96 Å². The Bertz CT molecular complexity index is 1050. The molecule has 1 fully saturated rings. The van der Waals surface area contributed by atoms with Crippen LogP contribution in [0.15, 0.2) is 40.0 Å². The molecule has 1 saturated heterocycles. The van der Waals surface area contributed by atoms with Gasteiger partial charge in [0, 0.05) is 63.2 Å². The molecule has 1 aliphatic heterocycles. The number of aromatic nitrogens is 2. The van der Waals surface area contributed by atoms with Gasteiger partial charge in [-0.1, -0.05) is 6.07 Å². The number of hydrogen-bond acceptors (Lipinski definition) is 7. The fraction of sp³-hybridized carbons (Fsp3) is 0.400. The fourth-order valence-electron chi connectivity index (χ4n) is 3.47. The maximum absolute atomic E-state index is 12.4. The molecule has 0 aromatic carbocycles. The number of fused-ring (bicyclic) bond motifs is 1. The number of carbonyl (C=O) groups excluding carboxylic acids is 2. The average Bonchev–Trinajstić information content (AvgIpc) is 3.40. The number of thiophene rings is 1. The fourth-order valence-corrected chi connectivity index (χ4v) is 4.91. The van der Waals surface area contributed by atoms with Crippen LogP contribution in [0, 0.1) is 0 Å². The average molecular weight is 431 g/mol. The minimum absolute atomic E-state index is 0.0582. The molecule has 3 aromatic rings. The van der Waals surface area contributed by atoms with Crippen molar-refractivity contribution in [3.63, 3.8) is 0 Å². The van der Waals surface area contributed by atoms with Gasteiger partial charge in [0.1, 0.15) is 0 Å². The summed E-state index contributed by atoms with van der Waals surface area (Å²) in [6.07, 6.45) is 3.14. The van der Waals surface area contributed by atoms with Crippen LogP contribution in [0.2, 0.25) is 0 Å². The van der Waals surface area contributed by atoms with Crippen molar-refractivity contribution in [2.24, 2.45) is 0 Å². The van der Waals surface area contributed by atoms with Crippen LogP contribution in [0.1, 0.15) is 34.6 Å². The quantitative estimate of drug-likeness (QED) is 0.539. The van der Waals surface area contributed by atoms with Crippen LogP contribution in [0.5, 0.6) is 0 Å². The molecule has 1 aliphatic rings. The first kappa shape index (κ1) is 19.9. The highest BCUT2D eigenvalue weighted by molar-refractivity contribution is 7.15. The summed E-state index contributed by atoms with van der Waals surface area (Å²) in [6.45, 7) is 3.45. The van der Waals surface area contributed by atoms with E-state index in [9.17, 15) is 14.4 Å². The van der Waals surface area contributed by atoms with Crippen molar-refractivity contribution in [2.75, 3.05) is 26.2 Å². The van der Waals surface area contributed by atoms with Crippen molar-refractivity contribution in [1.29, 1.82) is 0 Å². The molecule has 0 bridgehead atoms. The topological polar surface area (TPSA) is 75.0 Å². The van der Waals surface area contributed by atoms with Crippen LogP contribution < -0.4 is 5.56 Å². The normalized spacial score (nSPS) is 15.1. The molecule has 4 heterocycles.